The molecule has 0 radical (unpaired) electrons. The molecular weight excluding hydrogens is 368 g/mol. The molecule has 7 heteroatoms. The lowest BCUT2D eigenvalue weighted by Gasteiger charge is -2.44. The molecule has 148 valence electrons. The van der Waals surface area contributed by atoms with Crippen LogP contribution in [0.5, 0.6) is 0 Å². The molecule has 2 aromatic carbocycles. The fourth-order valence-electron chi connectivity index (χ4n) is 4.53. The van der Waals surface area contributed by atoms with Gasteiger partial charge in [-0.15, -0.1) is 0 Å². The van der Waals surface area contributed by atoms with Gasteiger partial charge in [-0.25, -0.2) is 4.79 Å². The largest absolute Gasteiger partial charge is 0.447 e. The topological polar surface area (TPSA) is 67.7 Å². The van der Waals surface area contributed by atoms with E-state index in [0.29, 0.717) is 31.7 Å². The number of carbonyl (C=O) groups excluding carboxylic acids is 2. The van der Waals surface area contributed by atoms with E-state index in [4.69, 9.17) is 4.74 Å². The molecule has 0 saturated carbocycles. The predicted molar refractivity (Wildman–Crippen MR) is 108 cm³/mol. The average Bonchev–Trinajstić information content (AvgIpc) is 3.25. The van der Waals surface area contributed by atoms with Crippen LogP contribution in [-0.2, 0) is 18.2 Å². The fourth-order valence-corrected chi connectivity index (χ4v) is 4.53. The molecule has 2 saturated heterocycles. The van der Waals surface area contributed by atoms with Crippen molar-refractivity contribution in [3.8, 4) is 0 Å². The third-order valence-corrected chi connectivity index (χ3v) is 5.96. The lowest BCUT2D eigenvalue weighted by Crippen LogP contribution is -2.63. The zero-order valence-electron chi connectivity index (χ0n) is 16.2. The van der Waals surface area contributed by atoms with E-state index in [-0.39, 0.29) is 18.6 Å². The number of hydrogen-bond acceptors (Lipinski definition) is 4. The summed E-state index contributed by atoms with van der Waals surface area (Å²) in [6.07, 6.45) is 0.350. The standard InChI is InChI=1S/C22H22N4O3/c1-24-18-10-6-5-9-17(18)19(23-24)20(27)25-11-12-26-21(28)29-15-22(26,14-25)13-16-7-3-2-4-8-16/h2-10H,11-15H2,1H3. The van der Waals surface area contributed by atoms with E-state index in [1.807, 2.05) is 66.5 Å². The van der Waals surface area contributed by atoms with Crippen LogP contribution in [0.2, 0.25) is 0 Å². The van der Waals surface area contributed by atoms with E-state index in [2.05, 4.69) is 5.10 Å². The number of cyclic esters (lactones) is 1. The molecule has 1 unspecified atom stereocenters. The van der Waals surface area contributed by atoms with Gasteiger partial charge < -0.3 is 9.64 Å². The maximum Gasteiger partial charge on any atom is 0.410 e. The van der Waals surface area contributed by atoms with Gasteiger partial charge in [0.25, 0.3) is 5.91 Å². The van der Waals surface area contributed by atoms with Crippen molar-refractivity contribution in [1.29, 1.82) is 0 Å². The molecule has 3 aromatic rings. The molecule has 2 fully saturated rings. The summed E-state index contributed by atoms with van der Waals surface area (Å²) in [6, 6.07) is 17.8. The fraction of sp³-hybridized carbons (Fsp3) is 0.318. The molecule has 2 aliphatic rings. The van der Waals surface area contributed by atoms with Crippen LogP contribution in [-0.4, -0.2) is 63.4 Å². The molecule has 0 bridgehead atoms. The van der Waals surface area contributed by atoms with Crippen molar-refractivity contribution in [3.05, 3.63) is 65.9 Å². The number of ether oxygens (including phenoxy) is 1. The maximum absolute atomic E-state index is 13.4. The molecular formula is C22H22N4O3. The molecule has 3 heterocycles. The highest BCUT2D eigenvalue weighted by atomic mass is 16.6. The number of fused-ring (bicyclic) bond motifs is 2. The van der Waals surface area contributed by atoms with Crippen LogP contribution in [0, 0.1) is 0 Å². The smallest absolute Gasteiger partial charge is 0.410 e. The van der Waals surface area contributed by atoms with Crippen molar-refractivity contribution in [2.24, 2.45) is 7.05 Å². The van der Waals surface area contributed by atoms with Crippen molar-refractivity contribution >= 4 is 22.9 Å². The molecule has 0 spiro atoms. The third kappa shape index (κ3) is 2.85. The first-order chi connectivity index (χ1) is 14.1. The summed E-state index contributed by atoms with van der Waals surface area (Å²) in [5.74, 6) is -0.103. The first kappa shape index (κ1) is 17.7. The number of aryl methyl sites for hydroxylation is 1. The molecule has 7 nitrogen and oxygen atoms in total. The highest BCUT2D eigenvalue weighted by Gasteiger charge is 2.51. The van der Waals surface area contributed by atoms with Gasteiger partial charge in [0.05, 0.1) is 5.52 Å². The number of piperazine rings is 1. The van der Waals surface area contributed by atoms with E-state index < -0.39 is 5.54 Å². The number of para-hydroxylation sites is 1. The van der Waals surface area contributed by atoms with Gasteiger partial charge in [0, 0.05) is 38.5 Å². The normalized spacial score (nSPS) is 21.3. The average molecular weight is 390 g/mol. The maximum atomic E-state index is 13.4. The molecule has 0 N–H and O–H groups in total. The zero-order valence-corrected chi connectivity index (χ0v) is 16.2. The van der Waals surface area contributed by atoms with Gasteiger partial charge in [-0.2, -0.15) is 5.10 Å². The summed E-state index contributed by atoms with van der Waals surface area (Å²) in [4.78, 5) is 29.3. The van der Waals surface area contributed by atoms with Gasteiger partial charge in [0.15, 0.2) is 5.69 Å². The number of carbonyl (C=O) groups is 2. The Hall–Kier alpha value is -3.35. The van der Waals surface area contributed by atoms with E-state index in [9.17, 15) is 9.59 Å². The van der Waals surface area contributed by atoms with Crippen molar-refractivity contribution in [2.45, 2.75) is 12.0 Å². The Morgan fingerprint density at radius 3 is 2.69 bits per heavy atom. The monoisotopic (exact) mass is 390 g/mol. The molecule has 5 rings (SSSR count). The second-order valence-corrected chi connectivity index (χ2v) is 7.81. The lowest BCUT2D eigenvalue weighted by molar-refractivity contribution is 0.0372. The minimum atomic E-state index is -0.545. The van der Waals surface area contributed by atoms with Crippen molar-refractivity contribution in [2.75, 3.05) is 26.2 Å². The van der Waals surface area contributed by atoms with Crippen molar-refractivity contribution in [1.82, 2.24) is 19.6 Å². The van der Waals surface area contributed by atoms with Crippen molar-refractivity contribution < 1.29 is 14.3 Å². The summed E-state index contributed by atoms with van der Waals surface area (Å²) in [5, 5.41) is 5.33. The highest BCUT2D eigenvalue weighted by molar-refractivity contribution is 6.05. The molecule has 2 amide bonds. The van der Waals surface area contributed by atoms with Crippen LogP contribution in [0.3, 0.4) is 0 Å². The van der Waals surface area contributed by atoms with Gasteiger partial charge in [0.2, 0.25) is 0 Å². The van der Waals surface area contributed by atoms with Crippen LogP contribution in [0.1, 0.15) is 16.1 Å². The summed E-state index contributed by atoms with van der Waals surface area (Å²) in [7, 11) is 1.84. The summed E-state index contributed by atoms with van der Waals surface area (Å²) in [5.41, 5.74) is 1.95. The Morgan fingerprint density at radius 2 is 1.86 bits per heavy atom. The van der Waals surface area contributed by atoms with Gasteiger partial charge in [-0.05, 0) is 11.6 Å². The van der Waals surface area contributed by atoms with Crippen LogP contribution in [0.25, 0.3) is 10.9 Å². The Kier molecular flexibility index (Phi) is 4.04. The van der Waals surface area contributed by atoms with E-state index in [0.717, 1.165) is 16.5 Å². The second kappa shape index (κ2) is 6.62. The number of rotatable bonds is 3. The molecule has 1 atom stereocenters. The van der Waals surface area contributed by atoms with E-state index in [1.165, 1.54) is 0 Å². The van der Waals surface area contributed by atoms with E-state index >= 15 is 0 Å². The van der Waals surface area contributed by atoms with Gasteiger partial charge in [-0.3, -0.25) is 14.4 Å². The highest BCUT2D eigenvalue weighted by Crippen LogP contribution is 2.33. The first-order valence-corrected chi connectivity index (χ1v) is 9.77. The molecule has 1 aromatic heterocycles. The summed E-state index contributed by atoms with van der Waals surface area (Å²) in [6.45, 7) is 1.64. The minimum Gasteiger partial charge on any atom is -0.447 e. The first-order valence-electron chi connectivity index (χ1n) is 9.77. The number of nitrogens with zero attached hydrogens (tertiary/aromatic N) is 4. The molecule has 2 aliphatic heterocycles. The van der Waals surface area contributed by atoms with Gasteiger partial charge in [0.1, 0.15) is 12.1 Å². The Morgan fingerprint density at radius 1 is 1.10 bits per heavy atom. The predicted octanol–water partition coefficient (Wildman–Crippen LogP) is 2.46. The lowest BCUT2D eigenvalue weighted by atomic mass is 9.88. The van der Waals surface area contributed by atoms with Gasteiger partial charge in [-0.1, -0.05) is 48.5 Å². The zero-order chi connectivity index (χ0) is 20.0. The van der Waals surface area contributed by atoms with Crippen LogP contribution >= 0.6 is 0 Å². The van der Waals surface area contributed by atoms with Gasteiger partial charge >= 0.3 is 6.09 Å². The van der Waals surface area contributed by atoms with Crippen LogP contribution < -0.4 is 0 Å². The summed E-state index contributed by atoms with van der Waals surface area (Å²) >= 11 is 0. The minimum absolute atomic E-state index is 0.103. The van der Waals surface area contributed by atoms with Crippen molar-refractivity contribution in [3.63, 3.8) is 0 Å². The van der Waals surface area contributed by atoms with E-state index in [1.54, 1.807) is 9.58 Å². The number of benzene rings is 2. The Labute approximate surface area is 168 Å². The Balaban J connectivity index is 1.47. The summed E-state index contributed by atoms with van der Waals surface area (Å²) < 4.78 is 7.15. The molecule has 0 aliphatic carbocycles. The van der Waals surface area contributed by atoms with Crippen LogP contribution in [0.15, 0.2) is 54.6 Å². The molecule has 29 heavy (non-hydrogen) atoms. The number of aromatic nitrogens is 2. The van der Waals surface area contributed by atoms with Crippen LogP contribution in [0.4, 0.5) is 4.79 Å². The SMILES string of the molecule is Cn1nc(C(=O)N2CCN3C(=O)OCC3(Cc3ccccc3)C2)c2ccccc21. The Bertz CT molecular complexity index is 1090. The third-order valence-electron chi connectivity index (χ3n) is 5.96. The quantitative estimate of drug-likeness (QED) is 0.689. The second-order valence-electron chi connectivity index (χ2n) is 7.81. The number of amides is 2. The number of hydrogen-bond donors (Lipinski definition) is 0.